The Kier molecular flexibility index (Phi) is 6.92. The predicted molar refractivity (Wildman–Crippen MR) is 81.7 cm³/mol. The summed E-state index contributed by atoms with van der Waals surface area (Å²) in [6.45, 7) is 18.2. The highest BCUT2D eigenvalue weighted by Gasteiger charge is 2.28. The Morgan fingerprint density at radius 1 is 0.889 bits per heavy atom. The first-order valence-electron chi connectivity index (χ1n) is 7.66. The SMILES string of the molecule is CCCC(CC(O)CC(C)C(C)(C)C)C(C)(C)C. The van der Waals surface area contributed by atoms with E-state index in [1.807, 2.05) is 0 Å². The van der Waals surface area contributed by atoms with Gasteiger partial charge in [-0.2, -0.15) is 0 Å². The minimum absolute atomic E-state index is 0.144. The van der Waals surface area contributed by atoms with Crippen molar-refractivity contribution in [2.45, 2.75) is 87.2 Å². The number of hydrogen-bond acceptors (Lipinski definition) is 1. The third kappa shape index (κ3) is 6.78. The van der Waals surface area contributed by atoms with E-state index in [9.17, 15) is 5.11 Å². The normalized spacial score (nSPS) is 18.5. The van der Waals surface area contributed by atoms with E-state index in [1.54, 1.807) is 0 Å². The molecular weight excluding hydrogens is 220 g/mol. The number of hydrogen-bond donors (Lipinski definition) is 1. The molecule has 0 rings (SSSR count). The van der Waals surface area contributed by atoms with Crippen LogP contribution in [0.25, 0.3) is 0 Å². The highest BCUT2D eigenvalue weighted by Crippen LogP contribution is 2.36. The average molecular weight is 256 g/mol. The molecule has 0 aliphatic rings. The zero-order valence-corrected chi connectivity index (χ0v) is 14.0. The van der Waals surface area contributed by atoms with Crippen LogP contribution in [0, 0.1) is 22.7 Å². The van der Waals surface area contributed by atoms with Crippen molar-refractivity contribution in [3.63, 3.8) is 0 Å². The summed E-state index contributed by atoms with van der Waals surface area (Å²) >= 11 is 0. The Morgan fingerprint density at radius 3 is 1.72 bits per heavy atom. The molecule has 1 nitrogen and oxygen atoms in total. The van der Waals surface area contributed by atoms with E-state index in [0.29, 0.717) is 22.7 Å². The fourth-order valence-electron chi connectivity index (χ4n) is 2.44. The maximum atomic E-state index is 10.3. The van der Waals surface area contributed by atoms with E-state index in [2.05, 4.69) is 55.4 Å². The molecular formula is C17H36O. The summed E-state index contributed by atoms with van der Waals surface area (Å²) in [5, 5.41) is 10.3. The van der Waals surface area contributed by atoms with Crippen LogP contribution in [-0.4, -0.2) is 11.2 Å². The fourth-order valence-corrected chi connectivity index (χ4v) is 2.44. The fraction of sp³-hybridized carbons (Fsp3) is 1.00. The van der Waals surface area contributed by atoms with E-state index >= 15 is 0 Å². The molecule has 3 atom stereocenters. The highest BCUT2D eigenvalue weighted by molar-refractivity contribution is 4.79. The van der Waals surface area contributed by atoms with Crippen molar-refractivity contribution in [1.29, 1.82) is 0 Å². The molecule has 0 bridgehead atoms. The molecule has 1 N–H and O–H groups in total. The standard InChI is InChI=1S/C17H36O/c1-9-10-14(17(6,7)8)12-15(18)11-13(2)16(3,4)5/h13-15,18H,9-12H2,1-8H3. The van der Waals surface area contributed by atoms with E-state index in [-0.39, 0.29) is 6.10 Å². The van der Waals surface area contributed by atoms with Gasteiger partial charge in [-0.15, -0.1) is 0 Å². The Bertz CT molecular complexity index is 219. The third-order valence-corrected chi connectivity index (χ3v) is 4.52. The summed E-state index contributed by atoms with van der Waals surface area (Å²) in [6.07, 6.45) is 4.18. The predicted octanol–water partition coefficient (Wildman–Crippen LogP) is 5.27. The lowest BCUT2D eigenvalue weighted by molar-refractivity contribution is 0.0623. The third-order valence-electron chi connectivity index (χ3n) is 4.52. The lowest BCUT2D eigenvalue weighted by atomic mass is 9.73. The smallest absolute Gasteiger partial charge is 0.0545 e. The van der Waals surface area contributed by atoms with Crippen LogP contribution in [0.1, 0.15) is 81.1 Å². The average Bonchev–Trinajstić information content (AvgIpc) is 2.13. The zero-order chi connectivity index (χ0) is 14.6. The van der Waals surface area contributed by atoms with Gasteiger partial charge in [0.05, 0.1) is 6.10 Å². The second-order valence-electron chi connectivity index (χ2n) is 8.24. The van der Waals surface area contributed by atoms with Gasteiger partial charge >= 0.3 is 0 Å². The van der Waals surface area contributed by atoms with Crippen LogP contribution >= 0.6 is 0 Å². The summed E-state index contributed by atoms with van der Waals surface area (Å²) in [7, 11) is 0. The quantitative estimate of drug-likeness (QED) is 0.686. The van der Waals surface area contributed by atoms with Crippen LogP contribution < -0.4 is 0 Å². The second kappa shape index (κ2) is 6.93. The zero-order valence-electron chi connectivity index (χ0n) is 14.0. The lowest BCUT2D eigenvalue weighted by Gasteiger charge is -2.34. The van der Waals surface area contributed by atoms with E-state index in [1.165, 1.54) is 12.8 Å². The Hall–Kier alpha value is -0.0400. The molecule has 0 amide bonds. The first-order valence-corrected chi connectivity index (χ1v) is 7.66. The van der Waals surface area contributed by atoms with Crippen LogP contribution in [-0.2, 0) is 0 Å². The molecule has 0 heterocycles. The van der Waals surface area contributed by atoms with Crippen LogP contribution in [0.3, 0.4) is 0 Å². The maximum absolute atomic E-state index is 10.3. The van der Waals surface area contributed by atoms with Gasteiger partial charge in [-0.05, 0) is 35.5 Å². The summed E-state index contributed by atoms with van der Waals surface area (Å²) in [6, 6.07) is 0. The van der Waals surface area contributed by atoms with Gasteiger partial charge in [0.2, 0.25) is 0 Å². The molecule has 110 valence electrons. The van der Waals surface area contributed by atoms with Gasteiger partial charge in [-0.25, -0.2) is 0 Å². The molecule has 0 radical (unpaired) electrons. The number of aliphatic hydroxyl groups excluding tert-OH is 1. The van der Waals surface area contributed by atoms with Gasteiger partial charge < -0.3 is 5.11 Å². The number of rotatable bonds is 6. The molecule has 0 aromatic heterocycles. The van der Waals surface area contributed by atoms with Gasteiger partial charge in [0.15, 0.2) is 0 Å². The Balaban J connectivity index is 4.39. The largest absolute Gasteiger partial charge is 0.393 e. The van der Waals surface area contributed by atoms with E-state index in [4.69, 9.17) is 0 Å². The van der Waals surface area contributed by atoms with Gasteiger partial charge in [-0.1, -0.05) is 68.2 Å². The van der Waals surface area contributed by atoms with Gasteiger partial charge in [0, 0.05) is 0 Å². The highest BCUT2D eigenvalue weighted by atomic mass is 16.3. The molecule has 0 aromatic rings. The Morgan fingerprint density at radius 2 is 1.39 bits per heavy atom. The van der Waals surface area contributed by atoms with Crippen molar-refractivity contribution < 1.29 is 5.11 Å². The molecule has 18 heavy (non-hydrogen) atoms. The van der Waals surface area contributed by atoms with Crippen molar-refractivity contribution in [1.82, 2.24) is 0 Å². The second-order valence-corrected chi connectivity index (χ2v) is 8.24. The van der Waals surface area contributed by atoms with Crippen molar-refractivity contribution in [2.75, 3.05) is 0 Å². The van der Waals surface area contributed by atoms with Crippen molar-refractivity contribution >= 4 is 0 Å². The molecule has 3 unspecified atom stereocenters. The molecule has 1 heteroatoms. The van der Waals surface area contributed by atoms with Gasteiger partial charge in [0.25, 0.3) is 0 Å². The Labute approximate surface area is 115 Å². The number of aliphatic hydroxyl groups is 1. The van der Waals surface area contributed by atoms with Crippen molar-refractivity contribution in [3.05, 3.63) is 0 Å². The minimum atomic E-state index is -0.144. The van der Waals surface area contributed by atoms with E-state index < -0.39 is 0 Å². The molecule has 0 aliphatic carbocycles. The lowest BCUT2D eigenvalue weighted by Crippen LogP contribution is -2.28. The minimum Gasteiger partial charge on any atom is -0.393 e. The summed E-state index contributed by atoms with van der Waals surface area (Å²) < 4.78 is 0. The molecule has 0 aromatic carbocycles. The van der Waals surface area contributed by atoms with Crippen molar-refractivity contribution in [2.24, 2.45) is 22.7 Å². The summed E-state index contributed by atoms with van der Waals surface area (Å²) in [5.41, 5.74) is 0.602. The molecule has 0 saturated carbocycles. The monoisotopic (exact) mass is 256 g/mol. The maximum Gasteiger partial charge on any atom is 0.0545 e. The van der Waals surface area contributed by atoms with Crippen LogP contribution in [0.5, 0.6) is 0 Å². The van der Waals surface area contributed by atoms with E-state index in [0.717, 1.165) is 12.8 Å². The molecule has 0 saturated heterocycles. The van der Waals surface area contributed by atoms with Gasteiger partial charge in [0.1, 0.15) is 0 Å². The molecule has 0 spiro atoms. The van der Waals surface area contributed by atoms with Crippen LogP contribution in [0.15, 0.2) is 0 Å². The van der Waals surface area contributed by atoms with Crippen LogP contribution in [0.4, 0.5) is 0 Å². The summed E-state index contributed by atoms with van der Waals surface area (Å²) in [4.78, 5) is 0. The van der Waals surface area contributed by atoms with Crippen LogP contribution in [0.2, 0.25) is 0 Å². The molecule has 0 fully saturated rings. The first kappa shape index (κ1) is 18.0. The first-order chi connectivity index (χ1) is 7.98. The molecule has 0 aliphatic heterocycles. The van der Waals surface area contributed by atoms with Crippen molar-refractivity contribution in [3.8, 4) is 0 Å². The van der Waals surface area contributed by atoms with Gasteiger partial charge in [-0.3, -0.25) is 0 Å². The summed E-state index contributed by atoms with van der Waals surface area (Å²) in [5.74, 6) is 1.19. The topological polar surface area (TPSA) is 20.2 Å².